The molecule has 2 rings (SSSR count). The van der Waals surface area contributed by atoms with Gasteiger partial charge in [0.05, 0.1) is 0 Å². The fraction of sp³-hybridized carbons (Fsp3) is 0. The lowest BCUT2D eigenvalue weighted by Gasteiger charge is -1.94. The van der Waals surface area contributed by atoms with E-state index in [-0.39, 0.29) is 11.7 Å². The third-order valence-electron chi connectivity index (χ3n) is 1.66. The van der Waals surface area contributed by atoms with Gasteiger partial charge < -0.3 is 4.74 Å². The summed E-state index contributed by atoms with van der Waals surface area (Å²) in [6.45, 7) is 0. The number of rotatable bonds is 1. The molecule has 1 heterocycles. The molecule has 0 spiro atoms. The average Bonchev–Trinajstić information content (AvgIpc) is 2.54. The Bertz CT molecular complexity index is 379. The molecule has 1 aliphatic rings. The van der Waals surface area contributed by atoms with Crippen molar-refractivity contribution in [2.45, 2.75) is 0 Å². The summed E-state index contributed by atoms with van der Waals surface area (Å²) in [5, 5.41) is 0. The van der Waals surface area contributed by atoms with E-state index >= 15 is 0 Å². The maximum atomic E-state index is 11.0. The van der Waals surface area contributed by atoms with Gasteiger partial charge in [-0.05, 0) is 11.6 Å². The van der Waals surface area contributed by atoms with Crippen molar-refractivity contribution in [2.75, 3.05) is 0 Å². The Labute approximate surface area is 75.4 Å². The highest BCUT2D eigenvalue weighted by Crippen LogP contribution is 2.11. The highest BCUT2D eigenvalue weighted by atomic mass is 16.5. The van der Waals surface area contributed by atoms with E-state index in [1.807, 2.05) is 30.3 Å². The largest absolute Gasteiger partial charge is 0.440 e. The summed E-state index contributed by atoms with van der Waals surface area (Å²) in [6, 6.07) is 9.49. The normalized spacial score (nSPS) is 17.8. The lowest BCUT2D eigenvalue weighted by Crippen LogP contribution is -1.92. The molecule has 0 atom stereocenters. The van der Waals surface area contributed by atoms with E-state index in [0.717, 1.165) is 12.0 Å². The Morgan fingerprint density at radius 1 is 1.23 bits per heavy atom. The van der Waals surface area contributed by atoms with Crippen LogP contribution >= 0.6 is 0 Å². The van der Waals surface area contributed by atoms with E-state index in [0.29, 0.717) is 0 Å². The highest BCUT2D eigenvalue weighted by Gasteiger charge is 2.13. The first kappa shape index (κ1) is 7.73. The fourth-order valence-corrected chi connectivity index (χ4v) is 1.04. The van der Waals surface area contributed by atoms with Crippen LogP contribution in [0.5, 0.6) is 0 Å². The summed E-state index contributed by atoms with van der Waals surface area (Å²) in [4.78, 5) is 14.4. The summed E-state index contributed by atoms with van der Waals surface area (Å²) in [7, 11) is 0. The topological polar surface area (TPSA) is 38.7 Å². The number of benzene rings is 1. The Morgan fingerprint density at radius 2 is 2.00 bits per heavy atom. The van der Waals surface area contributed by atoms with E-state index in [1.165, 1.54) is 0 Å². The molecule has 1 aliphatic heterocycles. The van der Waals surface area contributed by atoms with E-state index in [9.17, 15) is 4.79 Å². The van der Waals surface area contributed by atoms with Gasteiger partial charge in [0.15, 0.2) is 12.2 Å². The van der Waals surface area contributed by atoms with Gasteiger partial charge in [-0.1, -0.05) is 30.3 Å². The molecule has 0 fully saturated rings. The molecule has 0 saturated carbocycles. The second kappa shape index (κ2) is 3.23. The molecule has 3 nitrogen and oxygen atoms in total. The Balaban J connectivity index is 2.27. The van der Waals surface area contributed by atoms with E-state index < -0.39 is 0 Å². The zero-order valence-corrected chi connectivity index (χ0v) is 6.81. The average molecular weight is 173 g/mol. The standard InChI is InChI=1S/C10H7NO2/c12-10-9(13-7-11-10)6-8-4-2-1-3-5-8/h1-7H. The summed E-state index contributed by atoms with van der Waals surface area (Å²) in [5.74, 6) is -0.0601. The van der Waals surface area contributed by atoms with E-state index in [2.05, 4.69) is 4.99 Å². The maximum absolute atomic E-state index is 11.0. The first-order valence-corrected chi connectivity index (χ1v) is 3.86. The van der Waals surface area contributed by atoms with Crippen LogP contribution in [0.4, 0.5) is 0 Å². The maximum Gasteiger partial charge on any atom is 0.315 e. The second-order valence-corrected chi connectivity index (χ2v) is 2.58. The van der Waals surface area contributed by atoms with Crippen molar-refractivity contribution in [2.24, 2.45) is 4.99 Å². The van der Waals surface area contributed by atoms with Gasteiger partial charge in [-0.3, -0.25) is 4.79 Å². The number of aliphatic imine (C=N–C) groups is 1. The summed E-state index contributed by atoms with van der Waals surface area (Å²) in [6.07, 6.45) is 2.81. The van der Waals surface area contributed by atoms with Gasteiger partial charge in [0, 0.05) is 0 Å². The van der Waals surface area contributed by atoms with Gasteiger partial charge >= 0.3 is 5.91 Å². The quantitative estimate of drug-likeness (QED) is 0.605. The van der Waals surface area contributed by atoms with Crippen LogP contribution in [-0.4, -0.2) is 12.3 Å². The van der Waals surface area contributed by atoms with Gasteiger partial charge in [-0.15, -0.1) is 0 Å². The summed E-state index contributed by atoms with van der Waals surface area (Å²) >= 11 is 0. The zero-order valence-electron chi connectivity index (χ0n) is 6.81. The molecule has 3 heteroatoms. The monoisotopic (exact) mass is 173 g/mol. The van der Waals surface area contributed by atoms with Crippen molar-refractivity contribution in [3.8, 4) is 0 Å². The van der Waals surface area contributed by atoms with Crippen LogP contribution in [-0.2, 0) is 9.53 Å². The van der Waals surface area contributed by atoms with Gasteiger partial charge in [0.25, 0.3) is 0 Å². The Hall–Kier alpha value is -1.90. The van der Waals surface area contributed by atoms with Crippen LogP contribution in [0.15, 0.2) is 41.1 Å². The van der Waals surface area contributed by atoms with Gasteiger partial charge in [0.2, 0.25) is 0 Å². The molecule has 0 radical (unpaired) electrons. The molecule has 0 saturated heterocycles. The van der Waals surface area contributed by atoms with Crippen molar-refractivity contribution in [1.82, 2.24) is 0 Å². The SMILES string of the molecule is O=C1N=COC1=Cc1ccccc1. The molecule has 0 N–H and O–H groups in total. The second-order valence-electron chi connectivity index (χ2n) is 2.58. The van der Waals surface area contributed by atoms with Crippen LogP contribution in [0.2, 0.25) is 0 Å². The molecule has 0 aliphatic carbocycles. The minimum absolute atomic E-state index is 0.270. The predicted molar refractivity (Wildman–Crippen MR) is 49.0 cm³/mol. The molecule has 0 aromatic heterocycles. The van der Waals surface area contributed by atoms with Gasteiger partial charge in [-0.2, -0.15) is 4.99 Å². The molecule has 1 aromatic carbocycles. The van der Waals surface area contributed by atoms with Crippen molar-refractivity contribution in [1.29, 1.82) is 0 Å². The van der Waals surface area contributed by atoms with E-state index in [1.54, 1.807) is 6.08 Å². The molecule has 0 unspecified atom stereocenters. The first-order chi connectivity index (χ1) is 6.36. The number of hydrogen-bond acceptors (Lipinski definition) is 2. The Morgan fingerprint density at radius 3 is 2.62 bits per heavy atom. The molecular formula is C10H7NO2. The number of amides is 1. The molecule has 1 amide bonds. The molecule has 13 heavy (non-hydrogen) atoms. The van der Waals surface area contributed by atoms with Crippen LogP contribution in [0, 0.1) is 0 Å². The smallest absolute Gasteiger partial charge is 0.315 e. The van der Waals surface area contributed by atoms with Gasteiger partial charge in [0.1, 0.15) is 0 Å². The lowest BCUT2D eigenvalue weighted by atomic mass is 10.2. The minimum Gasteiger partial charge on any atom is -0.440 e. The van der Waals surface area contributed by atoms with E-state index in [4.69, 9.17) is 4.74 Å². The number of nitrogens with zero attached hydrogens (tertiary/aromatic N) is 1. The molecule has 64 valence electrons. The number of hydrogen-bond donors (Lipinski definition) is 0. The Kier molecular flexibility index (Phi) is 1.92. The zero-order chi connectivity index (χ0) is 9.10. The predicted octanol–water partition coefficient (Wildman–Crippen LogP) is 1.61. The highest BCUT2D eigenvalue weighted by molar-refractivity contribution is 6.03. The molecule has 1 aromatic rings. The van der Waals surface area contributed by atoms with Crippen LogP contribution < -0.4 is 0 Å². The number of carbonyl (C=O) groups is 1. The van der Waals surface area contributed by atoms with Crippen molar-refractivity contribution >= 4 is 18.4 Å². The first-order valence-electron chi connectivity index (χ1n) is 3.86. The number of ether oxygens (including phenoxy) is 1. The van der Waals surface area contributed by atoms with Crippen LogP contribution in [0.3, 0.4) is 0 Å². The third-order valence-corrected chi connectivity index (χ3v) is 1.66. The molecular weight excluding hydrogens is 166 g/mol. The van der Waals surface area contributed by atoms with Gasteiger partial charge in [-0.25, -0.2) is 0 Å². The van der Waals surface area contributed by atoms with Crippen molar-refractivity contribution in [3.05, 3.63) is 41.7 Å². The van der Waals surface area contributed by atoms with Crippen molar-refractivity contribution in [3.63, 3.8) is 0 Å². The summed E-state index contributed by atoms with van der Waals surface area (Å²) in [5.41, 5.74) is 0.927. The van der Waals surface area contributed by atoms with Crippen LogP contribution in [0.1, 0.15) is 5.56 Å². The van der Waals surface area contributed by atoms with Crippen molar-refractivity contribution < 1.29 is 9.53 Å². The lowest BCUT2D eigenvalue weighted by molar-refractivity contribution is -0.115. The fourth-order valence-electron chi connectivity index (χ4n) is 1.04. The third kappa shape index (κ3) is 1.64. The van der Waals surface area contributed by atoms with Crippen LogP contribution in [0.25, 0.3) is 6.08 Å². The molecule has 0 bridgehead atoms. The minimum atomic E-state index is -0.330. The summed E-state index contributed by atoms with van der Waals surface area (Å²) < 4.78 is 4.89. The number of carbonyl (C=O) groups excluding carboxylic acids is 1.